The van der Waals surface area contributed by atoms with Crippen molar-refractivity contribution in [3.63, 3.8) is 0 Å². The Bertz CT molecular complexity index is 760. The summed E-state index contributed by atoms with van der Waals surface area (Å²) in [6.45, 7) is 0. The van der Waals surface area contributed by atoms with Crippen LogP contribution >= 0.6 is 0 Å². The Morgan fingerprint density at radius 1 is 1.04 bits per heavy atom. The molecule has 116 valence electrons. The summed E-state index contributed by atoms with van der Waals surface area (Å²) >= 11 is 0. The Labute approximate surface area is 135 Å². The zero-order valence-electron chi connectivity index (χ0n) is 13.2. The molecule has 2 aromatic rings. The second kappa shape index (κ2) is 6.48. The third kappa shape index (κ3) is 3.66. The summed E-state index contributed by atoms with van der Waals surface area (Å²) in [5, 5.41) is 0. The van der Waals surface area contributed by atoms with Gasteiger partial charge in [0.1, 0.15) is 0 Å². The predicted octanol–water partition coefficient (Wildman–Crippen LogP) is 3.29. The molecule has 2 aromatic carbocycles. The van der Waals surface area contributed by atoms with Crippen molar-refractivity contribution in [2.45, 2.75) is 6.42 Å². The van der Waals surface area contributed by atoms with Crippen LogP contribution in [0.15, 0.2) is 65.3 Å². The van der Waals surface area contributed by atoms with Gasteiger partial charge in [0.05, 0.1) is 0 Å². The van der Waals surface area contributed by atoms with Crippen molar-refractivity contribution in [3.8, 4) is 0 Å². The summed E-state index contributed by atoms with van der Waals surface area (Å²) in [6.07, 6.45) is 2.27. The van der Waals surface area contributed by atoms with E-state index in [1.807, 2.05) is 73.6 Å². The molecule has 1 heterocycles. The number of rotatable bonds is 4. The van der Waals surface area contributed by atoms with Crippen molar-refractivity contribution in [3.05, 3.63) is 71.4 Å². The van der Waals surface area contributed by atoms with Crippen molar-refractivity contribution >= 4 is 23.6 Å². The summed E-state index contributed by atoms with van der Waals surface area (Å²) in [6, 6.07) is 17.7. The first-order valence-corrected chi connectivity index (χ1v) is 7.44. The lowest BCUT2D eigenvalue weighted by Crippen LogP contribution is -2.08. The second-order valence-electron chi connectivity index (χ2n) is 5.57. The van der Waals surface area contributed by atoms with Gasteiger partial charge in [-0.15, -0.1) is 0 Å². The molecule has 0 unspecified atom stereocenters. The first-order chi connectivity index (χ1) is 11.1. The first-order valence-electron chi connectivity index (χ1n) is 7.44. The number of aliphatic imine (C=N–C) groups is 1. The van der Waals surface area contributed by atoms with E-state index in [0.717, 1.165) is 16.8 Å². The number of anilines is 1. The minimum absolute atomic E-state index is 0.341. The van der Waals surface area contributed by atoms with Gasteiger partial charge in [-0.1, -0.05) is 42.5 Å². The number of hydrogen-bond donors (Lipinski definition) is 0. The molecule has 1 aliphatic rings. The van der Waals surface area contributed by atoms with Crippen LogP contribution in [0.5, 0.6) is 0 Å². The van der Waals surface area contributed by atoms with Crippen LogP contribution in [0.25, 0.3) is 6.08 Å². The van der Waals surface area contributed by atoms with Gasteiger partial charge in [0.2, 0.25) is 5.90 Å². The Hall–Kier alpha value is -2.88. The van der Waals surface area contributed by atoms with Crippen molar-refractivity contribution in [1.82, 2.24) is 0 Å². The van der Waals surface area contributed by atoms with Crippen LogP contribution in [0.3, 0.4) is 0 Å². The third-order valence-corrected chi connectivity index (χ3v) is 3.58. The molecule has 4 heteroatoms. The average Bonchev–Trinajstić information content (AvgIpc) is 2.88. The van der Waals surface area contributed by atoms with E-state index in [-0.39, 0.29) is 0 Å². The number of benzene rings is 2. The molecular weight excluding hydrogens is 288 g/mol. The SMILES string of the molecule is CN(C)c1ccc(/C=C2/N=C(Cc3ccccc3)OC2=O)cc1. The minimum atomic E-state index is -0.396. The van der Waals surface area contributed by atoms with Crippen molar-refractivity contribution in [2.75, 3.05) is 19.0 Å². The molecule has 0 amide bonds. The molecule has 0 saturated carbocycles. The van der Waals surface area contributed by atoms with E-state index in [0.29, 0.717) is 18.0 Å². The summed E-state index contributed by atoms with van der Waals surface area (Å²) in [5.74, 6) is 0.0463. The summed E-state index contributed by atoms with van der Waals surface area (Å²) in [4.78, 5) is 18.3. The molecule has 0 aliphatic carbocycles. The normalized spacial score (nSPS) is 15.5. The van der Waals surface area contributed by atoms with Gasteiger partial charge in [0.25, 0.3) is 0 Å². The van der Waals surface area contributed by atoms with Crippen LogP contribution in [0, 0.1) is 0 Å². The Balaban J connectivity index is 1.77. The number of carbonyl (C=O) groups is 1. The number of nitrogens with zero attached hydrogens (tertiary/aromatic N) is 2. The topological polar surface area (TPSA) is 41.9 Å². The largest absolute Gasteiger partial charge is 0.406 e. The van der Waals surface area contributed by atoms with Gasteiger partial charge in [-0.3, -0.25) is 0 Å². The number of esters is 1. The monoisotopic (exact) mass is 306 g/mol. The fraction of sp³-hybridized carbons (Fsp3) is 0.158. The number of cyclic esters (lactones) is 1. The number of ether oxygens (including phenoxy) is 1. The molecule has 0 radical (unpaired) electrons. The van der Waals surface area contributed by atoms with Crippen LogP contribution in [0.2, 0.25) is 0 Å². The lowest BCUT2D eigenvalue weighted by atomic mass is 10.1. The minimum Gasteiger partial charge on any atom is -0.406 e. The highest BCUT2D eigenvalue weighted by Gasteiger charge is 2.22. The molecule has 4 nitrogen and oxygen atoms in total. The Morgan fingerprint density at radius 3 is 2.39 bits per heavy atom. The van der Waals surface area contributed by atoms with E-state index in [2.05, 4.69) is 4.99 Å². The van der Waals surface area contributed by atoms with Crippen molar-refractivity contribution in [2.24, 2.45) is 4.99 Å². The van der Waals surface area contributed by atoms with Crippen molar-refractivity contribution < 1.29 is 9.53 Å². The fourth-order valence-electron chi connectivity index (χ4n) is 2.33. The molecule has 3 rings (SSSR count). The summed E-state index contributed by atoms with van der Waals surface area (Å²) in [5.41, 5.74) is 3.44. The first kappa shape index (κ1) is 15.0. The van der Waals surface area contributed by atoms with E-state index in [1.165, 1.54) is 0 Å². The van der Waals surface area contributed by atoms with Crippen molar-refractivity contribution in [1.29, 1.82) is 0 Å². The van der Waals surface area contributed by atoms with Crippen LogP contribution in [-0.4, -0.2) is 26.0 Å². The third-order valence-electron chi connectivity index (χ3n) is 3.58. The molecular formula is C19H18N2O2. The molecule has 0 aromatic heterocycles. The van der Waals surface area contributed by atoms with E-state index in [9.17, 15) is 4.79 Å². The molecule has 0 bridgehead atoms. The van der Waals surface area contributed by atoms with Crippen LogP contribution in [-0.2, 0) is 16.0 Å². The van der Waals surface area contributed by atoms with Gasteiger partial charge < -0.3 is 9.64 Å². The van der Waals surface area contributed by atoms with E-state index >= 15 is 0 Å². The van der Waals surface area contributed by atoms with Gasteiger partial charge in [0.15, 0.2) is 5.70 Å². The van der Waals surface area contributed by atoms with E-state index in [1.54, 1.807) is 6.08 Å². The fourth-order valence-corrected chi connectivity index (χ4v) is 2.33. The highest BCUT2D eigenvalue weighted by Crippen LogP contribution is 2.19. The van der Waals surface area contributed by atoms with E-state index in [4.69, 9.17) is 4.74 Å². The standard InChI is InChI=1S/C19H18N2O2/c1-21(2)16-10-8-15(9-11-16)12-17-19(22)23-18(20-17)13-14-6-4-3-5-7-14/h3-12H,13H2,1-2H3/b17-12+. The second-order valence-corrected chi connectivity index (χ2v) is 5.57. The lowest BCUT2D eigenvalue weighted by Gasteiger charge is -2.11. The summed E-state index contributed by atoms with van der Waals surface area (Å²) < 4.78 is 5.25. The van der Waals surface area contributed by atoms with Gasteiger partial charge in [-0.2, -0.15) is 0 Å². The molecule has 0 N–H and O–H groups in total. The Morgan fingerprint density at radius 2 is 1.74 bits per heavy atom. The maximum atomic E-state index is 11.9. The Kier molecular flexibility index (Phi) is 4.24. The molecule has 1 aliphatic heterocycles. The van der Waals surface area contributed by atoms with Gasteiger partial charge in [0, 0.05) is 26.2 Å². The average molecular weight is 306 g/mol. The quantitative estimate of drug-likeness (QED) is 0.643. The maximum absolute atomic E-state index is 11.9. The zero-order chi connectivity index (χ0) is 16.2. The molecule has 0 saturated heterocycles. The van der Waals surface area contributed by atoms with Gasteiger partial charge in [-0.05, 0) is 29.3 Å². The highest BCUT2D eigenvalue weighted by molar-refractivity contribution is 6.07. The van der Waals surface area contributed by atoms with Crippen LogP contribution in [0.1, 0.15) is 11.1 Å². The number of hydrogen-bond acceptors (Lipinski definition) is 4. The maximum Gasteiger partial charge on any atom is 0.363 e. The molecule has 0 fully saturated rings. The zero-order valence-corrected chi connectivity index (χ0v) is 13.2. The van der Waals surface area contributed by atoms with E-state index < -0.39 is 5.97 Å². The highest BCUT2D eigenvalue weighted by atomic mass is 16.6. The molecule has 23 heavy (non-hydrogen) atoms. The van der Waals surface area contributed by atoms with Gasteiger partial charge >= 0.3 is 5.97 Å². The van der Waals surface area contributed by atoms with Crippen LogP contribution in [0.4, 0.5) is 5.69 Å². The molecule has 0 atom stereocenters. The lowest BCUT2D eigenvalue weighted by molar-refractivity contribution is -0.130. The number of carbonyl (C=O) groups excluding carboxylic acids is 1. The molecule has 0 spiro atoms. The summed E-state index contributed by atoms with van der Waals surface area (Å²) in [7, 11) is 3.98. The predicted molar refractivity (Wildman–Crippen MR) is 92.4 cm³/mol. The smallest absolute Gasteiger partial charge is 0.363 e. The van der Waals surface area contributed by atoms with Crippen LogP contribution < -0.4 is 4.90 Å². The van der Waals surface area contributed by atoms with Gasteiger partial charge in [-0.25, -0.2) is 9.79 Å².